The molecule has 0 radical (unpaired) electrons. The van der Waals surface area contributed by atoms with Crippen molar-refractivity contribution in [2.24, 2.45) is 0 Å². The van der Waals surface area contributed by atoms with Crippen molar-refractivity contribution >= 4 is 11.6 Å². The molecule has 1 fully saturated rings. The number of carbonyl (C=O) groups is 1. The SMILES string of the molecule is Cc1ccc(N)c(C(=O)N2CCN(CCN(C)C)CC2)c1. The lowest BCUT2D eigenvalue weighted by Crippen LogP contribution is -2.50. The van der Waals surface area contributed by atoms with Crippen molar-refractivity contribution in [2.45, 2.75) is 6.92 Å². The Morgan fingerprint density at radius 2 is 1.90 bits per heavy atom. The van der Waals surface area contributed by atoms with Gasteiger partial charge in [0.05, 0.1) is 5.56 Å². The summed E-state index contributed by atoms with van der Waals surface area (Å²) in [6.45, 7) is 7.52. The van der Waals surface area contributed by atoms with Crippen molar-refractivity contribution in [2.75, 3.05) is 59.1 Å². The molecule has 116 valence electrons. The van der Waals surface area contributed by atoms with Crippen LogP contribution in [0.3, 0.4) is 0 Å². The summed E-state index contributed by atoms with van der Waals surface area (Å²) in [4.78, 5) is 19.1. The van der Waals surface area contributed by atoms with Crippen LogP contribution in [0.2, 0.25) is 0 Å². The molecule has 1 aromatic carbocycles. The second-order valence-electron chi connectivity index (χ2n) is 6.03. The zero-order valence-corrected chi connectivity index (χ0v) is 13.3. The van der Waals surface area contributed by atoms with E-state index in [0.717, 1.165) is 44.8 Å². The molecule has 0 aliphatic carbocycles. The Kier molecular flexibility index (Phi) is 5.20. The van der Waals surface area contributed by atoms with Crippen molar-refractivity contribution in [1.29, 1.82) is 0 Å². The van der Waals surface area contributed by atoms with Crippen LogP contribution in [-0.4, -0.2) is 74.0 Å². The van der Waals surface area contributed by atoms with Gasteiger partial charge in [-0.1, -0.05) is 11.6 Å². The van der Waals surface area contributed by atoms with Gasteiger partial charge in [-0.15, -0.1) is 0 Å². The molecular weight excluding hydrogens is 264 g/mol. The predicted molar refractivity (Wildman–Crippen MR) is 86.5 cm³/mol. The van der Waals surface area contributed by atoms with Gasteiger partial charge >= 0.3 is 0 Å². The van der Waals surface area contributed by atoms with Crippen molar-refractivity contribution in [1.82, 2.24) is 14.7 Å². The lowest BCUT2D eigenvalue weighted by molar-refractivity contribution is 0.0630. The molecule has 0 aromatic heterocycles. The summed E-state index contributed by atoms with van der Waals surface area (Å²) >= 11 is 0. The van der Waals surface area contributed by atoms with Crippen molar-refractivity contribution in [3.63, 3.8) is 0 Å². The van der Waals surface area contributed by atoms with E-state index in [2.05, 4.69) is 23.9 Å². The summed E-state index contributed by atoms with van der Waals surface area (Å²) in [5, 5.41) is 0. The number of aryl methyl sites for hydroxylation is 1. The van der Waals surface area contributed by atoms with Gasteiger partial charge in [-0.25, -0.2) is 0 Å². The first-order valence-electron chi connectivity index (χ1n) is 7.50. The second-order valence-corrected chi connectivity index (χ2v) is 6.03. The Morgan fingerprint density at radius 3 is 2.52 bits per heavy atom. The maximum Gasteiger partial charge on any atom is 0.256 e. The molecule has 1 aliphatic rings. The van der Waals surface area contributed by atoms with Gasteiger partial charge in [0.2, 0.25) is 0 Å². The molecule has 1 aromatic rings. The van der Waals surface area contributed by atoms with Crippen LogP contribution >= 0.6 is 0 Å². The fraction of sp³-hybridized carbons (Fsp3) is 0.562. The first-order valence-corrected chi connectivity index (χ1v) is 7.50. The van der Waals surface area contributed by atoms with Crippen LogP contribution in [0.5, 0.6) is 0 Å². The number of nitrogens with two attached hydrogens (primary N) is 1. The molecular formula is C16H26N4O. The van der Waals surface area contributed by atoms with Crippen LogP contribution in [0, 0.1) is 6.92 Å². The minimum Gasteiger partial charge on any atom is -0.398 e. The zero-order chi connectivity index (χ0) is 15.4. The molecule has 1 aliphatic heterocycles. The molecule has 0 spiro atoms. The Morgan fingerprint density at radius 1 is 1.24 bits per heavy atom. The van der Waals surface area contributed by atoms with E-state index in [1.807, 2.05) is 30.0 Å². The fourth-order valence-electron chi connectivity index (χ4n) is 2.54. The molecule has 21 heavy (non-hydrogen) atoms. The van der Waals surface area contributed by atoms with Crippen LogP contribution < -0.4 is 5.73 Å². The van der Waals surface area contributed by atoms with E-state index in [1.54, 1.807) is 0 Å². The van der Waals surface area contributed by atoms with Gasteiger partial charge in [0.1, 0.15) is 0 Å². The molecule has 0 bridgehead atoms. The summed E-state index contributed by atoms with van der Waals surface area (Å²) in [6.07, 6.45) is 0. The second kappa shape index (κ2) is 6.91. The minimum atomic E-state index is 0.0588. The highest BCUT2D eigenvalue weighted by Gasteiger charge is 2.23. The Bertz CT molecular complexity index is 493. The maximum absolute atomic E-state index is 12.6. The van der Waals surface area contributed by atoms with E-state index in [0.29, 0.717) is 11.3 Å². The predicted octanol–water partition coefficient (Wildman–Crippen LogP) is 0.897. The van der Waals surface area contributed by atoms with Gasteiger partial charge < -0.3 is 15.5 Å². The van der Waals surface area contributed by atoms with E-state index < -0.39 is 0 Å². The summed E-state index contributed by atoms with van der Waals surface area (Å²) in [5.41, 5.74) is 8.21. The van der Waals surface area contributed by atoms with E-state index >= 15 is 0 Å². The van der Waals surface area contributed by atoms with E-state index in [1.165, 1.54) is 0 Å². The van der Waals surface area contributed by atoms with Gasteiger partial charge in [-0.2, -0.15) is 0 Å². The van der Waals surface area contributed by atoms with Crippen LogP contribution in [0.1, 0.15) is 15.9 Å². The first kappa shape index (κ1) is 15.8. The number of carbonyl (C=O) groups excluding carboxylic acids is 1. The number of nitrogens with zero attached hydrogens (tertiary/aromatic N) is 3. The number of piperazine rings is 1. The van der Waals surface area contributed by atoms with Crippen molar-refractivity contribution < 1.29 is 4.79 Å². The molecule has 1 heterocycles. The lowest BCUT2D eigenvalue weighted by atomic mass is 10.1. The highest BCUT2D eigenvalue weighted by atomic mass is 16.2. The van der Waals surface area contributed by atoms with Crippen molar-refractivity contribution in [3.8, 4) is 0 Å². The molecule has 2 N–H and O–H groups in total. The largest absolute Gasteiger partial charge is 0.398 e. The third-order valence-corrected chi connectivity index (χ3v) is 3.96. The fourth-order valence-corrected chi connectivity index (χ4v) is 2.54. The third kappa shape index (κ3) is 4.19. The van der Waals surface area contributed by atoms with E-state index in [4.69, 9.17) is 5.73 Å². The third-order valence-electron chi connectivity index (χ3n) is 3.96. The van der Waals surface area contributed by atoms with Crippen LogP contribution in [0.4, 0.5) is 5.69 Å². The van der Waals surface area contributed by atoms with Crippen LogP contribution in [0.25, 0.3) is 0 Å². The summed E-state index contributed by atoms with van der Waals surface area (Å²) in [6, 6.07) is 5.64. The van der Waals surface area contributed by atoms with Crippen LogP contribution in [-0.2, 0) is 0 Å². The van der Waals surface area contributed by atoms with Crippen molar-refractivity contribution in [3.05, 3.63) is 29.3 Å². The number of amides is 1. The maximum atomic E-state index is 12.6. The summed E-state index contributed by atoms with van der Waals surface area (Å²) in [7, 11) is 4.17. The number of nitrogen functional groups attached to an aromatic ring is 1. The summed E-state index contributed by atoms with van der Waals surface area (Å²) < 4.78 is 0. The van der Waals surface area contributed by atoms with Gasteiger partial charge in [-0.3, -0.25) is 9.69 Å². The Labute approximate surface area is 127 Å². The van der Waals surface area contributed by atoms with Gasteiger partial charge in [0.25, 0.3) is 5.91 Å². The number of hydrogen-bond donors (Lipinski definition) is 1. The topological polar surface area (TPSA) is 52.8 Å². The number of rotatable bonds is 4. The molecule has 5 nitrogen and oxygen atoms in total. The molecule has 0 unspecified atom stereocenters. The van der Waals surface area contributed by atoms with Gasteiger partial charge in [-0.05, 0) is 33.2 Å². The molecule has 2 rings (SSSR count). The minimum absolute atomic E-state index is 0.0588. The quantitative estimate of drug-likeness (QED) is 0.837. The number of anilines is 1. The number of hydrogen-bond acceptors (Lipinski definition) is 4. The van der Waals surface area contributed by atoms with E-state index in [9.17, 15) is 4.79 Å². The Hall–Kier alpha value is -1.59. The molecule has 1 amide bonds. The lowest BCUT2D eigenvalue weighted by Gasteiger charge is -2.35. The van der Waals surface area contributed by atoms with Gasteiger partial charge in [0.15, 0.2) is 0 Å². The van der Waals surface area contributed by atoms with Crippen LogP contribution in [0.15, 0.2) is 18.2 Å². The average Bonchev–Trinajstić information content (AvgIpc) is 2.47. The number of benzene rings is 1. The molecule has 5 heteroatoms. The zero-order valence-electron chi connectivity index (χ0n) is 13.3. The average molecular weight is 290 g/mol. The highest BCUT2D eigenvalue weighted by molar-refractivity contribution is 5.99. The molecule has 0 saturated carbocycles. The standard InChI is InChI=1S/C16H26N4O/c1-13-4-5-15(17)14(12-13)16(21)20-10-8-19(9-11-20)7-6-18(2)3/h4-5,12H,6-11,17H2,1-3H3. The van der Waals surface area contributed by atoms with Gasteiger partial charge in [0, 0.05) is 45.0 Å². The normalized spacial score (nSPS) is 16.5. The molecule has 0 atom stereocenters. The van der Waals surface area contributed by atoms with E-state index in [-0.39, 0.29) is 5.91 Å². The monoisotopic (exact) mass is 290 g/mol. The number of likely N-dealkylation sites (N-methyl/N-ethyl adjacent to an activating group) is 1. The Balaban J connectivity index is 1.92. The highest BCUT2D eigenvalue weighted by Crippen LogP contribution is 2.17. The molecule has 1 saturated heterocycles. The smallest absolute Gasteiger partial charge is 0.256 e. The summed E-state index contributed by atoms with van der Waals surface area (Å²) in [5.74, 6) is 0.0588. The first-order chi connectivity index (χ1) is 9.97.